The molecule has 2 rings (SSSR count). The standard InChI is InChI=1S/C16H21NO/c1-5-16(2,18)13-10-6-8-12-9-7-11-14(15(12)13)17(3)4/h6-11,18H,5H2,1-4H3. The van der Waals surface area contributed by atoms with Crippen LogP contribution in [0.4, 0.5) is 5.69 Å². The molecular weight excluding hydrogens is 222 g/mol. The van der Waals surface area contributed by atoms with E-state index < -0.39 is 5.60 Å². The van der Waals surface area contributed by atoms with E-state index in [9.17, 15) is 5.11 Å². The van der Waals surface area contributed by atoms with E-state index in [4.69, 9.17) is 0 Å². The quantitative estimate of drug-likeness (QED) is 0.891. The van der Waals surface area contributed by atoms with Gasteiger partial charge in [0.25, 0.3) is 0 Å². The zero-order valence-corrected chi connectivity index (χ0v) is 11.6. The van der Waals surface area contributed by atoms with Gasteiger partial charge in [-0.15, -0.1) is 0 Å². The minimum absolute atomic E-state index is 0.702. The van der Waals surface area contributed by atoms with Crippen molar-refractivity contribution < 1.29 is 5.11 Å². The van der Waals surface area contributed by atoms with Gasteiger partial charge in [-0.25, -0.2) is 0 Å². The zero-order valence-electron chi connectivity index (χ0n) is 11.6. The number of hydrogen-bond acceptors (Lipinski definition) is 2. The van der Waals surface area contributed by atoms with Crippen LogP contribution in [-0.2, 0) is 5.60 Å². The third-order valence-corrected chi connectivity index (χ3v) is 3.63. The number of anilines is 1. The first-order valence-electron chi connectivity index (χ1n) is 6.39. The van der Waals surface area contributed by atoms with Crippen LogP contribution in [0.3, 0.4) is 0 Å². The average molecular weight is 243 g/mol. The van der Waals surface area contributed by atoms with Crippen molar-refractivity contribution in [2.45, 2.75) is 25.9 Å². The summed E-state index contributed by atoms with van der Waals surface area (Å²) in [5, 5.41) is 12.9. The minimum atomic E-state index is -0.786. The van der Waals surface area contributed by atoms with E-state index in [1.165, 1.54) is 5.39 Å². The van der Waals surface area contributed by atoms with Gasteiger partial charge in [-0.1, -0.05) is 37.3 Å². The largest absolute Gasteiger partial charge is 0.385 e. The van der Waals surface area contributed by atoms with Crippen molar-refractivity contribution in [2.24, 2.45) is 0 Å². The number of nitrogens with zero attached hydrogens (tertiary/aromatic N) is 1. The van der Waals surface area contributed by atoms with Gasteiger partial charge >= 0.3 is 0 Å². The first kappa shape index (κ1) is 12.9. The van der Waals surface area contributed by atoms with Crippen LogP contribution in [0.25, 0.3) is 10.8 Å². The molecule has 0 bridgehead atoms. The SMILES string of the molecule is CCC(C)(O)c1cccc2cccc(N(C)C)c12. The Morgan fingerprint density at radius 1 is 1.11 bits per heavy atom. The zero-order chi connectivity index (χ0) is 13.3. The Labute approximate surface area is 109 Å². The van der Waals surface area contributed by atoms with Crippen molar-refractivity contribution in [3.05, 3.63) is 42.0 Å². The molecule has 0 aliphatic carbocycles. The molecule has 0 saturated carbocycles. The van der Waals surface area contributed by atoms with E-state index in [1.54, 1.807) is 0 Å². The maximum absolute atomic E-state index is 10.6. The molecule has 2 heteroatoms. The lowest BCUT2D eigenvalue weighted by Crippen LogP contribution is -2.21. The molecule has 0 aliphatic rings. The van der Waals surface area contributed by atoms with Gasteiger partial charge in [-0.05, 0) is 30.4 Å². The first-order valence-corrected chi connectivity index (χ1v) is 6.39. The first-order chi connectivity index (χ1) is 8.47. The number of rotatable bonds is 3. The molecule has 0 fully saturated rings. The Morgan fingerprint density at radius 3 is 2.28 bits per heavy atom. The van der Waals surface area contributed by atoms with Crippen molar-refractivity contribution in [1.82, 2.24) is 0 Å². The molecule has 1 N–H and O–H groups in total. The van der Waals surface area contributed by atoms with Crippen molar-refractivity contribution in [3.63, 3.8) is 0 Å². The third-order valence-electron chi connectivity index (χ3n) is 3.63. The third kappa shape index (κ3) is 2.08. The van der Waals surface area contributed by atoms with Gasteiger partial charge in [-0.2, -0.15) is 0 Å². The molecule has 2 aromatic carbocycles. The topological polar surface area (TPSA) is 23.5 Å². The second-order valence-corrected chi connectivity index (χ2v) is 5.20. The van der Waals surface area contributed by atoms with E-state index in [2.05, 4.69) is 29.2 Å². The average Bonchev–Trinajstić information content (AvgIpc) is 2.37. The summed E-state index contributed by atoms with van der Waals surface area (Å²) in [6, 6.07) is 12.4. The molecule has 18 heavy (non-hydrogen) atoms. The summed E-state index contributed by atoms with van der Waals surface area (Å²) in [4.78, 5) is 2.09. The van der Waals surface area contributed by atoms with E-state index >= 15 is 0 Å². The molecule has 0 amide bonds. The smallest absolute Gasteiger partial charge is 0.0872 e. The molecule has 2 aromatic rings. The fourth-order valence-corrected chi connectivity index (χ4v) is 2.33. The molecule has 0 aromatic heterocycles. The Kier molecular flexibility index (Phi) is 3.31. The van der Waals surface area contributed by atoms with Gasteiger partial charge in [0.15, 0.2) is 0 Å². The van der Waals surface area contributed by atoms with Gasteiger partial charge in [0.1, 0.15) is 0 Å². The molecule has 0 radical (unpaired) electrons. The summed E-state index contributed by atoms with van der Waals surface area (Å²) in [5.41, 5.74) is 1.37. The highest BCUT2D eigenvalue weighted by atomic mass is 16.3. The Balaban J connectivity index is 2.82. The lowest BCUT2D eigenvalue weighted by Gasteiger charge is -2.26. The van der Waals surface area contributed by atoms with Gasteiger partial charge in [0.2, 0.25) is 0 Å². The maximum atomic E-state index is 10.6. The highest BCUT2D eigenvalue weighted by Gasteiger charge is 2.24. The normalized spacial score (nSPS) is 14.5. The van der Waals surface area contributed by atoms with E-state index in [-0.39, 0.29) is 0 Å². The Morgan fingerprint density at radius 2 is 1.72 bits per heavy atom. The monoisotopic (exact) mass is 243 g/mol. The van der Waals surface area contributed by atoms with Crippen LogP contribution in [0.2, 0.25) is 0 Å². The van der Waals surface area contributed by atoms with Crippen LogP contribution < -0.4 is 4.90 Å². The van der Waals surface area contributed by atoms with Crippen molar-refractivity contribution >= 4 is 16.5 Å². The lowest BCUT2D eigenvalue weighted by atomic mass is 9.88. The molecule has 96 valence electrons. The fraction of sp³-hybridized carbons (Fsp3) is 0.375. The van der Waals surface area contributed by atoms with Gasteiger partial charge < -0.3 is 10.0 Å². The van der Waals surface area contributed by atoms with Gasteiger partial charge in [0, 0.05) is 25.2 Å². The molecule has 0 heterocycles. The van der Waals surface area contributed by atoms with E-state index in [0.717, 1.165) is 16.6 Å². The van der Waals surface area contributed by atoms with Crippen LogP contribution in [0, 0.1) is 0 Å². The van der Waals surface area contributed by atoms with Crippen LogP contribution in [0.15, 0.2) is 36.4 Å². The van der Waals surface area contributed by atoms with Crippen molar-refractivity contribution in [1.29, 1.82) is 0 Å². The highest BCUT2D eigenvalue weighted by molar-refractivity contribution is 5.97. The van der Waals surface area contributed by atoms with Crippen LogP contribution >= 0.6 is 0 Å². The van der Waals surface area contributed by atoms with E-state index in [0.29, 0.717) is 6.42 Å². The summed E-state index contributed by atoms with van der Waals surface area (Å²) in [5.74, 6) is 0. The van der Waals surface area contributed by atoms with Gasteiger partial charge in [-0.3, -0.25) is 0 Å². The Bertz CT molecular complexity index is 553. The molecule has 0 aliphatic heterocycles. The second kappa shape index (κ2) is 4.62. The van der Waals surface area contributed by atoms with Crippen LogP contribution in [0.1, 0.15) is 25.8 Å². The highest BCUT2D eigenvalue weighted by Crippen LogP contribution is 2.36. The van der Waals surface area contributed by atoms with Crippen LogP contribution in [0.5, 0.6) is 0 Å². The number of fused-ring (bicyclic) bond motifs is 1. The fourth-order valence-electron chi connectivity index (χ4n) is 2.33. The van der Waals surface area contributed by atoms with Crippen LogP contribution in [-0.4, -0.2) is 19.2 Å². The van der Waals surface area contributed by atoms with Crippen molar-refractivity contribution in [3.8, 4) is 0 Å². The summed E-state index contributed by atoms with van der Waals surface area (Å²) < 4.78 is 0. The van der Waals surface area contributed by atoms with E-state index in [1.807, 2.05) is 40.1 Å². The molecular formula is C16H21NO. The molecule has 0 saturated heterocycles. The Hall–Kier alpha value is -1.54. The summed E-state index contributed by atoms with van der Waals surface area (Å²) in [6.07, 6.45) is 0.702. The molecule has 2 nitrogen and oxygen atoms in total. The lowest BCUT2D eigenvalue weighted by molar-refractivity contribution is 0.0546. The summed E-state index contributed by atoms with van der Waals surface area (Å²) in [7, 11) is 4.07. The predicted molar refractivity (Wildman–Crippen MR) is 78.1 cm³/mol. The molecule has 1 unspecified atom stereocenters. The van der Waals surface area contributed by atoms with Crippen molar-refractivity contribution in [2.75, 3.05) is 19.0 Å². The number of hydrogen-bond donors (Lipinski definition) is 1. The number of benzene rings is 2. The molecule has 1 atom stereocenters. The summed E-state index contributed by atoms with van der Waals surface area (Å²) >= 11 is 0. The minimum Gasteiger partial charge on any atom is -0.385 e. The maximum Gasteiger partial charge on any atom is 0.0872 e. The predicted octanol–water partition coefficient (Wildman–Crippen LogP) is 3.52. The summed E-state index contributed by atoms with van der Waals surface area (Å²) in [6.45, 7) is 3.89. The van der Waals surface area contributed by atoms with Gasteiger partial charge in [0.05, 0.1) is 5.60 Å². The molecule has 0 spiro atoms. The second-order valence-electron chi connectivity index (χ2n) is 5.20. The number of aliphatic hydroxyl groups is 1.